The Kier molecular flexibility index (Phi) is 4.67. The van der Waals surface area contributed by atoms with Gasteiger partial charge in [-0.05, 0) is 50.4 Å². The first kappa shape index (κ1) is 15.3. The van der Waals surface area contributed by atoms with Gasteiger partial charge in [-0.1, -0.05) is 13.8 Å². The van der Waals surface area contributed by atoms with Crippen LogP contribution in [0.3, 0.4) is 0 Å². The van der Waals surface area contributed by atoms with Gasteiger partial charge in [0.05, 0.1) is 18.3 Å². The number of carbonyl (C=O) groups excluding carboxylic acids is 1. The van der Waals surface area contributed by atoms with Crippen LogP contribution >= 0.6 is 0 Å². The number of hydrogen-bond acceptors (Lipinski definition) is 4. The predicted octanol–water partition coefficient (Wildman–Crippen LogP) is 3.01. The van der Waals surface area contributed by atoms with Gasteiger partial charge in [-0.15, -0.1) is 0 Å². The predicted molar refractivity (Wildman–Crippen MR) is 89.0 cm³/mol. The number of carbonyl (C=O) groups is 1. The number of ketones is 1. The largest absolute Gasteiger partial charge is 0.486 e. The maximum Gasteiger partial charge on any atom is 0.179 e. The number of anilines is 1. The van der Waals surface area contributed by atoms with Crippen LogP contribution in [0.1, 0.15) is 49.9 Å². The van der Waals surface area contributed by atoms with E-state index in [0.717, 1.165) is 62.3 Å². The van der Waals surface area contributed by atoms with Crippen LogP contribution in [0.4, 0.5) is 5.69 Å². The van der Waals surface area contributed by atoms with Crippen LogP contribution in [0.5, 0.6) is 5.75 Å². The van der Waals surface area contributed by atoms with E-state index in [1.807, 2.05) is 18.2 Å². The van der Waals surface area contributed by atoms with Crippen molar-refractivity contribution in [1.82, 2.24) is 5.32 Å². The standard InChI is InChI=1S/C18H26N2O2/c1-3-10-20-12-14(4-2)22-17-8-7-13(11-16(17)20)18(21)15-6-5-9-19-15/h7-8,11,14-15,19H,3-6,9-10,12H2,1-2H3. The van der Waals surface area contributed by atoms with E-state index in [0.29, 0.717) is 0 Å². The summed E-state index contributed by atoms with van der Waals surface area (Å²) in [5.74, 6) is 1.14. The summed E-state index contributed by atoms with van der Waals surface area (Å²) in [5.41, 5.74) is 1.88. The summed E-state index contributed by atoms with van der Waals surface area (Å²) in [6.07, 6.45) is 4.38. The number of benzene rings is 1. The minimum absolute atomic E-state index is 0.00873. The van der Waals surface area contributed by atoms with Gasteiger partial charge in [0.2, 0.25) is 0 Å². The molecule has 1 aromatic carbocycles. The molecule has 4 nitrogen and oxygen atoms in total. The summed E-state index contributed by atoms with van der Waals surface area (Å²) in [6.45, 7) is 7.21. The molecule has 2 heterocycles. The van der Waals surface area contributed by atoms with Crippen LogP contribution in [0.2, 0.25) is 0 Å². The molecule has 120 valence electrons. The Morgan fingerprint density at radius 1 is 1.41 bits per heavy atom. The van der Waals surface area contributed by atoms with E-state index in [-0.39, 0.29) is 17.9 Å². The fourth-order valence-electron chi connectivity index (χ4n) is 3.38. The third kappa shape index (κ3) is 2.98. The average Bonchev–Trinajstić information content (AvgIpc) is 3.08. The zero-order valence-electron chi connectivity index (χ0n) is 13.6. The lowest BCUT2D eigenvalue weighted by atomic mass is 10.0. The fraction of sp³-hybridized carbons (Fsp3) is 0.611. The molecule has 2 atom stereocenters. The van der Waals surface area contributed by atoms with Crippen molar-refractivity contribution < 1.29 is 9.53 Å². The van der Waals surface area contributed by atoms with Gasteiger partial charge in [0.25, 0.3) is 0 Å². The van der Waals surface area contributed by atoms with E-state index in [4.69, 9.17) is 4.74 Å². The van der Waals surface area contributed by atoms with Crippen LogP contribution in [0.25, 0.3) is 0 Å². The molecule has 1 aromatic rings. The summed E-state index contributed by atoms with van der Waals surface area (Å²) < 4.78 is 6.05. The Bertz CT molecular complexity index is 538. The van der Waals surface area contributed by atoms with Gasteiger partial charge in [-0.25, -0.2) is 0 Å². The molecule has 1 fully saturated rings. The Labute approximate surface area is 132 Å². The third-order valence-electron chi connectivity index (χ3n) is 4.63. The molecule has 2 unspecified atom stereocenters. The number of rotatable bonds is 5. The highest BCUT2D eigenvalue weighted by atomic mass is 16.5. The topological polar surface area (TPSA) is 41.6 Å². The van der Waals surface area contributed by atoms with Gasteiger partial charge in [-0.2, -0.15) is 0 Å². The SMILES string of the molecule is CCCN1CC(CC)Oc2ccc(C(=O)C3CCCN3)cc21. The Hall–Kier alpha value is -1.55. The van der Waals surface area contributed by atoms with E-state index in [2.05, 4.69) is 24.1 Å². The van der Waals surface area contributed by atoms with Gasteiger partial charge < -0.3 is 15.0 Å². The highest BCUT2D eigenvalue weighted by molar-refractivity contribution is 6.01. The van der Waals surface area contributed by atoms with E-state index in [1.54, 1.807) is 0 Å². The van der Waals surface area contributed by atoms with Crippen molar-refractivity contribution in [2.45, 2.75) is 51.7 Å². The Balaban J connectivity index is 1.87. The summed E-state index contributed by atoms with van der Waals surface area (Å²) in [7, 11) is 0. The minimum atomic E-state index is -0.00873. The second kappa shape index (κ2) is 6.69. The van der Waals surface area contributed by atoms with Crippen LogP contribution < -0.4 is 15.0 Å². The molecule has 0 spiro atoms. The van der Waals surface area contributed by atoms with Crippen molar-refractivity contribution in [3.8, 4) is 5.75 Å². The van der Waals surface area contributed by atoms with Crippen molar-refractivity contribution >= 4 is 11.5 Å². The number of nitrogens with zero attached hydrogens (tertiary/aromatic N) is 1. The van der Waals surface area contributed by atoms with Crippen LogP contribution in [-0.4, -0.2) is 37.6 Å². The first-order chi connectivity index (χ1) is 10.7. The van der Waals surface area contributed by atoms with Gasteiger partial charge in [0, 0.05) is 12.1 Å². The lowest BCUT2D eigenvalue weighted by Crippen LogP contribution is -2.40. The molecule has 3 rings (SSSR count). The van der Waals surface area contributed by atoms with E-state index >= 15 is 0 Å². The first-order valence-electron chi connectivity index (χ1n) is 8.56. The van der Waals surface area contributed by atoms with Gasteiger partial charge in [0.15, 0.2) is 5.78 Å². The molecule has 0 radical (unpaired) electrons. The molecule has 2 aliphatic rings. The zero-order valence-corrected chi connectivity index (χ0v) is 13.6. The summed E-state index contributed by atoms with van der Waals surface area (Å²) in [5, 5.41) is 3.29. The Morgan fingerprint density at radius 2 is 2.27 bits per heavy atom. The normalized spacial score (nSPS) is 24.0. The second-order valence-corrected chi connectivity index (χ2v) is 6.29. The molecule has 0 saturated carbocycles. The van der Waals surface area contributed by atoms with Crippen LogP contribution in [0, 0.1) is 0 Å². The first-order valence-corrected chi connectivity index (χ1v) is 8.56. The molecule has 0 aromatic heterocycles. The van der Waals surface area contributed by atoms with E-state index < -0.39 is 0 Å². The quantitative estimate of drug-likeness (QED) is 0.849. The molecule has 0 bridgehead atoms. The summed E-state index contributed by atoms with van der Waals surface area (Å²) >= 11 is 0. The number of Topliss-reactive ketones (excluding diaryl/α,β-unsaturated/α-hetero) is 1. The number of hydrogen-bond donors (Lipinski definition) is 1. The maximum absolute atomic E-state index is 12.6. The van der Waals surface area contributed by atoms with Crippen molar-refractivity contribution in [3.05, 3.63) is 23.8 Å². The second-order valence-electron chi connectivity index (χ2n) is 6.29. The zero-order chi connectivity index (χ0) is 15.5. The lowest BCUT2D eigenvalue weighted by Gasteiger charge is -2.36. The van der Waals surface area contributed by atoms with Crippen molar-refractivity contribution in [3.63, 3.8) is 0 Å². The minimum Gasteiger partial charge on any atom is -0.486 e. The molecular formula is C18H26N2O2. The third-order valence-corrected chi connectivity index (χ3v) is 4.63. The molecular weight excluding hydrogens is 276 g/mol. The fourth-order valence-corrected chi connectivity index (χ4v) is 3.38. The molecule has 4 heteroatoms. The monoisotopic (exact) mass is 302 g/mol. The smallest absolute Gasteiger partial charge is 0.179 e. The summed E-state index contributed by atoms with van der Waals surface area (Å²) in [6, 6.07) is 5.91. The average molecular weight is 302 g/mol. The molecule has 22 heavy (non-hydrogen) atoms. The van der Waals surface area contributed by atoms with Crippen LogP contribution in [-0.2, 0) is 0 Å². The highest BCUT2D eigenvalue weighted by Crippen LogP contribution is 2.35. The van der Waals surface area contributed by atoms with Crippen molar-refractivity contribution in [1.29, 1.82) is 0 Å². The van der Waals surface area contributed by atoms with Crippen LogP contribution in [0.15, 0.2) is 18.2 Å². The molecule has 0 aliphatic carbocycles. The lowest BCUT2D eigenvalue weighted by molar-refractivity contribution is 0.0952. The molecule has 2 aliphatic heterocycles. The van der Waals surface area contributed by atoms with Crippen molar-refractivity contribution in [2.75, 3.05) is 24.5 Å². The molecule has 1 saturated heterocycles. The Morgan fingerprint density at radius 3 is 2.95 bits per heavy atom. The van der Waals surface area contributed by atoms with E-state index in [9.17, 15) is 4.79 Å². The number of fused-ring (bicyclic) bond motifs is 1. The molecule has 1 N–H and O–H groups in total. The highest BCUT2D eigenvalue weighted by Gasteiger charge is 2.28. The summed E-state index contributed by atoms with van der Waals surface area (Å²) in [4.78, 5) is 15.0. The van der Waals surface area contributed by atoms with Gasteiger partial charge in [0.1, 0.15) is 11.9 Å². The number of nitrogens with one attached hydrogen (secondary N) is 1. The van der Waals surface area contributed by atoms with Gasteiger partial charge >= 0.3 is 0 Å². The van der Waals surface area contributed by atoms with Gasteiger partial charge in [-0.3, -0.25) is 4.79 Å². The number of ether oxygens (including phenoxy) is 1. The van der Waals surface area contributed by atoms with Crippen molar-refractivity contribution in [2.24, 2.45) is 0 Å². The molecule has 0 amide bonds. The maximum atomic E-state index is 12.6. The van der Waals surface area contributed by atoms with E-state index in [1.165, 1.54) is 0 Å².